The van der Waals surface area contributed by atoms with E-state index >= 15 is 0 Å². The Morgan fingerprint density at radius 3 is 1.75 bits per heavy atom. The van der Waals surface area contributed by atoms with Gasteiger partial charge < -0.3 is 10.4 Å². The molecule has 0 aliphatic rings. The number of hydrogen-bond acceptors (Lipinski definition) is 2. The molecule has 0 aromatic rings. The second kappa shape index (κ2) is 7.96. The third kappa shape index (κ3) is 7.99. The van der Waals surface area contributed by atoms with Gasteiger partial charge in [0.15, 0.2) is 0 Å². The highest BCUT2D eigenvalue weighted by Gasteiger charge is 2.19. The van der Waals surface area contributed by atoms with Crippen molar-refractivity contribution in [1.29, 1.82) is 0 Å². The van der Waals surface area contributed by atoms with Crippen LogP contribution in [0.3, 0.4) is 0 Å². The fraction of sp³-hybridized carbons (Fsp3) is 1.00. The van der Waals surface area contributed by atoms with Crippen molar-refractivity contribution in [1.82, 2.24) is 5.32 Å². The molecule has 0 aliphatic carbocycles. The van der Waals surface area contributed by atoms with Crippen LogP contribution in [-0.2, 0) is 0 Å². The van der Waals surface area contributed by atoms with Gasteiger partial charge in [-0.15, -0.1) is 0 Å². The van der Waals surface area contributed by atoms with Crippen molar-refractivity contribution in [2.24, 2.45) is 11.8 Å². The first-order chi connectivity index (χ1) is 7.32. The highest BCUT2D eigenvalue weighted by Crippen LogP contribution is 2.13. The predicted molar refractivity (Wildman–Crippen MR) is 62.7 cm³/mol. The third-order valence-corrected chi connectivity index (χ3v) is 2.42. The summed E-state index contributed by atoms with van der Waals surface area (Å²) in [5.41, 5.74) is 0. The zero-order valence-electron chi connectivity index (χ0n) is 10.7. The van der Waals surface area contributed by atoms with Crippen LogP contribution in [-0.4, -0.2) is 30.2 Å². The van der Waals surface area contributed by atoms with Gasteiger partial charge in [0.25, 0.3) is 6.43 Å². The Bertz CT molecular complexity index is 164. The van der Waals surface area contributed by atoms with E-state index in [0.717, 1.165) is 12.8 Å². The van der Waals surface area contributed by atoms with Crippen LogP contribution in [0.5, 0.6) is 0 Å². The quantitative estimate of drug-likeness (QED) is 0.680. The van der Waals surface area contributed by atoms with E-state index in [2.05, 4.69) is 33.0 Å². The third-order valence-electron chi connectivity index (χ3n) is 2.42. The first-order valence-electron chi connectivity index (χ1n) is 6.02. The summed E-state index contributed by atoms with van der Waals surface area (Å²) >= 11 is 0. The molecule has 1 atom stereocenters. The van der Waals surface area contributed by atoms with E-state index < -0.39 is 12.5 Å². The van der Waals surface area contributed by atoms with Crippen molar-refractivity contribution < 1.29 is 13.9 Å². The summed E-state index contributed by atoms with van der Waals surface area (Å²) in [5, 5.41) is 12.1. The highest BCUT2D eigenvalue weighted by atomic mass is 19.3. The molecule has 2 nitrogen and oxygen atoms in total. The number of aliphatic hydroxyl groups is 1. The van der Waals surface area contributed by atoms with Crippen LogP contribution in [0.1, 0.15) is 40.5 Å². The fourth-order valence-electron chi connectivity index (χ4n) is 1.78. The zero-order chi connectivity index (χ0) is 12.7. The van der Waals surface area contributed by atoms with Crippen molar-refractivity contribution in [3.05, 3.63) is 0 Å². The van der Waals surface area contributed by atoms with Crippen LogP contribution in [0.15, 0.2) is 0 Å². The summed E-state index contributed by atoms with van der Waals surface area (Å²) in [6, 6.07) is 0.216. The maximum atomic E-state index is 12.1. The Balaban J connectivity index is 4.00. The normalized spacial score (nSPS) is 14.4. The summed E-state index contributed by atoms with van der Waals surface area (Å²) in [4.78, 5) is 0. The molecule has 0 bridgehead atoms. The van der Waals surface area contributed by atoms with Crippen molar-refractivity contribution in [3.8, 4) is 0 Å². The SMILES string of the molecule is CC(C)CC(CC(C)C)NCC(O)C(F)F. The van der Waals surface area contributed by atoms with Gasteiger partial charge >= 0.3 is 0 Å². The van der Waals surface area contributed by atoms with Crippen LogP contribution in [0.25, 0.3) is 0 Å². The largest absolute Gasteiger partial charge is 0.386 e. The molecule has 0 amide bonds. The van der Waals surface area contributed by atoms with Gasteiger partial charge in [-0.1, -0.05) is 27.7 Å². The van der Waals surface area contributed by atoms with E-state index in [-0.39, 0.29) is 12.6 Å². The highest BCUT2D eigenvalue weighted by molar-refractivity contribution is 4.73. The topological polar surface area (TPSA) is 32.3 Å². The van der Waals surface area contributed by atoms with Gasteiger partial charge in [-0.05, 0) is 24.7 Å². The minimum absolute atomic E-state index is 0.0260. The van der Waals surface area contributed by atoms with Crippen molar-refractivity contribution in [2.45, 2.75) is 59.1 Å². The lowest BCUT2D eigenvalue weighted by Gasteiger charge is -2.23. The van der Waals surface area contributed by atoms with Crippen LogP contribution in [0.4, 0.5) is 8.78 Å². The predicted octanol–water partition coefficient (Wildman–Crippen LogP) is 2.66. The molecule has 0 rings (SSSR count). The molecule has 0 aromatic heterocycles. The first-order valence-corrected chi connectivity index (χ1v) is 6.02. The smallest absolute Gasteiger partial charge is 0.265 e. The Morgan fingerprint density at radius 2 is 1.44 bits per heavy atom. The molecular weight excluding hydrogens is 212 g/mol. The number of halogens is 2. The van der Waals surface area contributed by atoms with Gasteiger partial charge in [0.2, 0.25) is 0 Å². The molecule has 0 aliphatic heterocycles. The Morgan fingerprint density at radius 1 is 1.00 bits per heavy atom. The lowest BCUT2D eigenvalue weighted by atomic mass is 9.95. The molecule has 1 unspecified atom stereocenters. The summed E-state index contributed by atoms with van der Waals surface area (Å²) in [7, 11) is 0. The molecule has 0 saturated heterocycles. The number of nitrogens with one attached hydrogen (secondary N) is 1. The summed E-state index contributed by atoms with van der Waals surface area (Å²) in [6.45, 7) is 8.41. The average Bonchev–Trinajstić information content (AvgIpc) is 2.11. The number of hydrogen-bond donors (Lipinski definition) is 2. The molecule has 0 spiro atoms. The van der Waals surface area contributed by atoms with Crippen LogP contribution in [0.2, 0.25) is 0 Å². The molecule has 0 fully saturated rings. The summed E-state index contributed by atoms with van der Waals surface area (Å²) < 4.78 is 24.2. The van der Waals surface area contributed by atoms with Crippen LogP contribution >= 0.6 is 0 Å². The molecular formula is C12H25F2NO. The van der Waals surface area contributed by atoms with E-state index in [1.165, 1.54) is 0 Å². The van der Waals surface area contributed by atoms with E-state index in [1.807, 2.05) is 0 Å². The van der Waals surface area contributed by atoms with Crippen LogP contribution < -0.4 is 5.32 Å². The van der Waals surface area contributed by atoms with E-state index in [4.69, 9.17) is 5.11 Å². The minimum atomic E-state index is -2.66. The second-order valence-electron chi connectivity index (χ2n) is 5.27. The zero-order valence-corrected chi connectivity index (χ0v) is 10.7. The second-order valence-corrected chi connectivity index (χ2v) is 5.27. The van der Waals surface area contributed by atoms with Gasteiger partial charge in [0.05, 0.1) is 0 Å². The van der Waals surface area contributed by atoms with E-state index in [1.54, 1.807) is 0 Å². The van der Waals surface area contributed by atoms with Gasteiger partial charge in [-0.2, -0.15) is 0 Å². The van der Waals surface area contributed by atoms with Gasteiger partial charge in [0.1, 0.15) is 6.10 Å². The van der Waals surface area contributed by atoms with Crippen LogP contribution in [0, 0.1) is 11.8 Å². The monoisotopic (exact) mass is 237 g/mol. The summed E-state index contributed by atoms with van der Waals surface area (Å²) in [5.74, 6) is 1.06. The average molecular weight is 237 g/mol. The fourth-order valence-corrected chi connectivity index (χ4v) is 1.78. The molecule has 16 heavy (non-hydrogen) atoms. The number of rotatable bonds is 8. The van der Waals surface area contributed by atoms with Gasteiger partial charge in [-0.3, -0.25) is 0 Å². The first kappa shape index (κ1) is 15.8. The maximum Gasteiger partial charge on any atom is 0.265 e. The summed E-state index contributed by atoms with van der Waals surface area (Å²) in [6.07, 6.45) is -2.31. The Hall–Kier alpha value is -0.220. The Labute approximate surface area is 97.4 Å². The van der Waals surface area contributed by atoms with E-state index in [9.17, 15) is 8.78 Å². The van der Waals surface area contributed by atoms with Gasteiger partial charge in [-0.25, -0.2) is 8.78 Å². The molecule has 4 heteroatoms. The molecule has 0 heterocycles. The molecule has 0 radical (unpaired) electrons. The van der Waals surface area contributed by atoms with Gasteiger partial charge in [0, 0.05) is 12.6 Å². The van der Waals surface area contributed by atoms with Crippen molar-refractivity contribution in [2.75, 3.05) is 6.54 Å². The Kier molecular flexibility index (Phi) is 7.85. The maximum absolute atomic E-state index is 12.1. The molecule has 2 N–H and O–H groups in total. The van der Waals surface area contributed by atoms with Crippen molar-refractivity contribution in [3.63, 3.8) is 0 Å². The number of aliphatic hydroxyl groups excluding tert-OH is 1. The molecule has 0 aromatic carbocycles. The lowest BCUT2D eigenvalue weighted by Crippen LogP contribution is -2.39. The number of alkyl halides is 2. The molecule has 0 saturated carbocycles. The van der Waals surface area contributed by atoms with Crippen molar-refractivity contribution >= 4 is 0 Å². The van der Waals surface area contributed by atoms with E-state index in [0.29, 0.717) is 11.8 Å². The lowest BCUT2D eigenvalue weighted by molar-refractivity contribution is -0.00522. The standard InChI is InChI=1S/C12H25F2NO/c1-8(2)5-10(6-9(3)4)15-7-11(16)12(13)14/h8-12,15-16H,5-7H2,1-4H3. The minimum Gasteiger partial charge on any atom is -0.386 e. The molecule has 98 valence electrons.